The molecular formula is C40H48N8O10S2. The summed E-state index contributed by atoms with van der Waals surface area (Å²) >= 11 is 0. The van der Waals surface area contributed by atoms with Crippen LogP contribution in [0.25, 0.3) is 22.5 Å². The number of alkyl carbamates (subject to hydrolysis) is 2. The lowest BCUT2D eigenvalue weighted by molar-refractivity contribution is -0.136. The quantitative estimate of drug-likeness (QED) is 0.151. The van der Waals surface area contributed by atoms with E-state index in [0.717, 1.165) is 0 Å². The van der Waals surface area contributed by atoms with Gasteiger partial charge in [0.1, 0.15) is 23.7 Å². The number of nitrogens with one attached hydrogen (secondary N) is 4. The molecule has 4 aromatic rings. The molecule has 3 aliphatic heterocycles. The van der Waals surface area contributed by atoms with Crippen LogP contribution >= 0.6 is 0 Å². The molecule has 18 nitrogen and oxygen atoms in total. The summed E-state index contributed by atoms with van der Waals surface area (Å²) in [5, 5.41) is 5.23. The molecule has 60 heavy (non-hydrogen) atoms. The van der Waals surface area contributed by atoms with Gasteiger partial charge >= 0.3 is 12.2 Å². The van der Waals surface area contributed by atoms with E-state index < -0.39 is 56.0 Å². The lowest BCUT2D eigenvalue weighted by Crippen LogP contribution is -2.51. The highest BCUT2D eigenvalue weighted by Gasteiger charge is 2.42. The predicted octanol–water partition coefficient (Wildman–Crippen LogP) is 4.53. The molecule has 2 fully saturated rings. The van der Waals surface area contributed by atoms with Crippen molar-refractivity contribution in [2.75, 3.05) is 27.3 Å². The summed E-state index contributed by atoms with van der Waals surface area (Å²) in [6, 6.07) is 5.65. The molecule has 4 atom stereocenters. The van der Waals surface area contributed by atoms with Crippen molar-refractivity contribution in [3.05, 3.63) is 60.4 Å². The van der Waals surface area contributed by atoms with Crippen LogP contribution in [0.15, 0.2) is 68.4 Å². The summed E-state index contributed by atoms with van der Waals surface area (Å²) in [7, 11) is -6.21. The van der Waals surface area contributed by atoms with E-state index in [1.807, 2.05) is 27.7 Å². The number of amides is 4. The van der Waals surface area contributed by atoms with Crippen LogP contribution in [-0.4, -0.2) is 110 Å². The van der Waals surface area contributed by atoms with Gasteiger partial charge in [0, 0.05) is 24.2 Å². The molecule has 0 aliphatic carbocycles. The number of imidazole rings is 2. The number of H-pyrrole nitrogens is 2. The number of ether oxygens (including phenoxy) is 2. The molecule has 2 aromatic heterocycles. The number of hydrogen-bond donors (Lipinski definition) is 4. The monoisotopic (exact) mass is 864 g/mol. The van der Waals surface area contributed by atoms with Gasteiger partial charge in [-0.15, -0.1) is 0 Å². The zero-order valence-corrected chi connectivity index (χ0v) is 35.6. The fraction of sp³-hybridized carbons (Fsp3) is 0.450. The van der Waals surface area contributed by atoms with Crippen LogP contribution in [0.3, 0.4) is 0 Å². The van der Waals surface area contributed by atoms with Gasteiger partial charge in [0.25, 0.3) is 0 Å². The molecule has 320 valence electrons. The van der Waals surface area contributed by atoms with Crippen LogP contribution in [0.1, 0.15) is 77.1 Å². The Bertz CT molecular complexity index is 2390. The third kappa shape index (κ3) is 7.61. The highest BCUT2D eigenvalue weighted by atomic mass is 32.2. The first kappa shape index (κ1) is 42.4. The molecule has 2 saturated heterocycles. The smallest absolute Gasteiger partial charge is 0.407 e. The van der Waals surface area contributed by atoms with Crippen molar-refractivity contribution in [3.8, 4) is 22.5 Å². The first-order valence-electron chi connectivity index (χ1n) is 19.7. The number of carbonyl (C=O) groups excluding carboxylic acids is 4. The maximum Gasteiger partial charge on any atom is 0.407 e. The van der Waals surface area contributed by atoms with E-state index in [0.29, 0.717) is 72.9 Å². The van der Waals surface area contributed by atoms with Crippen molar-refractivity contribution < 1.29 is 45.5 Å². The molecule has 0 radical (unpaired) electrons. The Morgan fingerprint density at radius 3 is 1.38 bits per heavy atom. The fourth-order valence-electron chi connectivity index (χ4n) is 8.14. The standard InChI is InChI=1S/C40H48N8O10S2/c1-21(2)33(45-39(51)57-5)37(49)47-15-7-9-27(47)35-41-19-25(43-35)23-11-13-29-31(17-23)59(53,54)30-14-12-24(18-32(30)60(29,55)56)26-20-42-36(44-26)28-10-8-16-48(28)38(50)34(22(3)4)46-40(52)58-6/h11-14,17-22,27-28,33-34H,7-10,15-16H2,1-6H3,(H,41,43)(H,42,44)(H,45,51)(H,46,52)/t27-,28-,33-,34-/m0/s1. The largest absolute Gasteiger partial charge is 0.453 e. The topological polar surface area (TPSA) is 243 Å². The molecule has 0 unspecified atom stereocenters. The Kier molecular flexibility index (Phi) is 11.6. The van der Waals surface area contributed by atoms with Gasteiger partial charge < -0.3 is 39.9 Å². The summed E-state index contributed by atoms with van der Waals surface area (Å²) in [4.78, 5) is 68.5. The Balaban J connectivity index is 1.13. The van der Waals surface area contributed by atoms with Crippen molar-refractivity contribution in [3.63, 3.8) is 0 Å². The Morgan fingerprint density at radius 1 is 0.650 bits per heavy atom. The summed E-state index contributed by atoms with van der Waals surface area (Å²) < 4.78 is 66.1. The zero-order valence-electron chi connectivity index (χ0n) is 34.0. The molecule has 3 aliphatic rings. The summed E-state index contributed by atoms with van der Waals surface area (Å²) in [6.45, 7) is 8.17. The number of carbonyl (C=O) groups is 4. The Hall–Kier alpha value is -5.76. The van der Waals surface area contributed by atoms with Crippen molar-refractivity contribution >= 4 is 43.7 Å². The summed E-state index contributed by atoms with van der Waals surface area (Å²) in [5.41, 5.74) is 1.59. The number of rotatable bonds is 10. The molecule has 4 amide bonds. The highest BCUT2D eigenvalue weighted by molar-refractivity contribution is 7.97. The molecule has 20 heteroatoms. The maximum atomic E-state index is 14.2. The zero-order chi connectivity index (χ0) is 43.3. The van der Waals surface area contributed by atoms with Gasteiger partial charge in [-0.05, 0) is 61.8 Å². The maximum absolute atomic E-state index is 14.2. The van der Waals surface area contributed by atoms with Gasteiger partial charge in [-0.2, -0.15) is 0 Å². The first-order chi connectivity index (χ1) is 28.5. The van der Waals surface area contributed by atoms with Gasteiger partial charge in [-0.25, -0.2) is 36.4 Å². The van der Waals surface area contributed by atoms with Crippen LogP contribution in [0.4, 0.5) is 9.59 Å². The fourth-order valence-corrected chi connectivity index (χ4v) is 12.3. The second kappa shape index (κ2) is 16.4. The summed E-state index contributed by atoms with van der Waals surface area (Å²) in [5.74, 6) is -0.0748. The second-order valence-electron chi connectivity index (χ2n) is 15.8. The normalized spacial score (nSPS) is 20.0. The second-order valence-corrected chi connectivity index (χ2v) is 19.6. The lowest BCUT2D eigenvalue weighted by atomic mass is 10.0. The van der Waals surface area contributed by atoms with Crippen LogP contribution in [0, 0.1) is 11.8 Å². The van der Waals surface area contributed by atoms with Gasteiger partial charge in [-0.1, -0.05) is 39.8 Å². The van der Waals surface area contributed by atoms with Crippen LogP contribution in [0.2, 0.25) is 0 Å². The number of aromatic amines is 2. The number of sulfone groups is 2. The minimum absolute atomic E-state index is 0.219. The Labute approximate surface area is 347 Å². The third-order valence-electron chi connectivity index (χ3n) is 11.3. The third-order valence-corrected chi connectivity index (χ3v) is 15.3. The molecule has 0 bridgehead atoms. The van der Waals surface area contributed by atoms with Gasteiger partial charge in [0.15, 0.2) is 0 Å². The molecule has 5 heterocycles. The molecule has 2 aromatic carbocycles. The number of nitrogens with zero attached hydrogens (tertiary/aromatic N) is 4. The van der Waals surface area contributed by atoms with Crippen LogP contribution < -0.4 is 10.6 Å². The van der Waals surface area contributed by atoms with Gasteiger partial charge in [0.2, 0.25) is 31.5 Å². The molecule has 0 spiro atoms. The SMILES string of the molecule is COC(=O)N[C@H](C(=O)N1CCC[C@H]1c1ncc(-c2ccc3c(c2)S(=O)(=O)c2ccc(-c4cnc([C@@H]5CCCN5C(=O)[C@@H](NC(=O)OC)C(C)C)[nH]4)cc2S3(=O)=O)[nH]1)C(C)C. The molecule has 4 N–H and O–H groups in total. The molecular weight excluding hydrogens is 817 g/mol. The highest BCUT2D eigenvalue weighted by Crippen LogP contribution is 2.44. The predicted molar refractivity (Wildman–Crippen MR) is 215 cm³/mol. The average molecular weight is 865 g/mol. The van der Waals surface area contributed by atoms with Gasteiger partial charge in [0.05, 0.1) is 69.7 Å². The van der Waals surface area contributed by atoms with Crippen molar-refractivity contribution in [1.82, 2.24) is 40.4 Å². The van der Waals surface area contributed by atoms with E-state index >= 15 is 0 Å². The minimum atomic E-state index is -4.33. The summed E-state index contributed by atoms with van der Waals surface area (Å²) in [6.07, 6.45) is 4.19. The van der Waals surface area contributed by atoms with E-state index in [2.05, 4.69) is 30.6 Å². The Morgan fingerprint density at radius 2 is 1.03 bits per heavy atom. The van der Waals surface area contributed by atoms with E-state index in [4.69, 9.17) is 9.47 Å². The van der Waals surface area contributed by atoms with Crippen molar-refractivity contribution in [2.45, 2.75) is 97.1 Å². The van der Waals surface area contributed by atoms with E-state index in [9.17, 15) is 36.0 Å². The average Bonchev–Trinajstić information content (AvgIpc) is 4.07. The van der Waals surface area contributed by atoms with E-state index in [-0.39, 0.29) is 43.2 Å². The lowest BCUT2D eigenvalue weighted by Gasteiger charge is -2.30. The van der Waals surface area contributed by atoms with Crippen LogP contribution in [-0.2, 0) is 38.7 Å². The number of methoxy groups -OCH3 is 2. The first-order valence-corrected chi connectivity index (χ1v) is 22.6. The molecule has 7 rings (SSSR count). The number of hydrogen-bond acceptors (Lipinski definition) is 12. The number of fused-ring (bicyclic) bond motifs is 2. The molecule has 0 saturated carbocycles. The number of likely N-dealkylation sites (tertiary alicyclic amines) is 2. The number of benzene rings is 2. The van der Waals surface area contributed by atoms with E-state index in [1.165, 1.54) is 63.0 Å². The van der Waals surface area contributed by atoms with Crippen molar-refractivity contribution in [1.29, 1.82) is 0 Å². The van der Waals surface area contributed by atoms with E-state index in [1.54, 1.807) is 9.80 Å². The van der Waals surface area contributed by atoms with Crippen molar-refractivity contribution in [2.24, 2.45) is 11.8 Å². The minimum Gasteiger partial charge on any atom is -0.453 e. The number of aromatic nitrogens is 4. The van der Waals surface area contributed by atoms with Crippen LogP contribution in [0.5, 0.6) is 0 Å². The van der Waals surface area contributed by atoms with Gasteiger partial charge in [-0.3, -0.25) is 9.59 Å².